The van der Waals surface area contributed by atoms with Crippen molar-refractivity contribution in [3.05, 3.63) is 88.9 Å². The smallest absolute Gasteiger partial charge is 0.255 e. The van der Waals surface area contributed by atoms with Crippen LogP contribution in [0.3, 0.4) is 0 Å². The molecule has 3 atom stereocenters. The second-order valence-electron chi connectivity index (χ2n) is 8.37. The lowest BCUT2D eigenvalue weighted by Gasteiger charge is -2.30. The molecule has 0 bridgehead atoms. The van der Waals surface area contributed by atoms with E-state index in [0.717, 1.165) is 5.56 Å². The number of hydrogen-bond donors (Lipinski definition) is 4. The Morgan fingerprint density at radius 2 is 1.92 bits per heavy atom. The predicted molar refractivity (Wildman–Crippen MR) is 140 cm³/mol. The molecule has 1 aliphatic rings. The number of carbonyl (C=O) groups is 3. The number of rotatable bonds is 9. The van der Waals surface area contributed by atoms with Crippen LogP contribution in [0.4, 0.5) is 0 Å². The van der Waals surface area contributed by atoms with E-state index in [-0.39, 0.29) is 36.1 Å². The lowest BCUT2D eigenvalue weighted by molar-refractivity contribution is -0.145. The third-order valence-electron chi connectivity index (χ3n) is 5.99. The van der Waals surface area contributed by atoms with Crippen LogP contribution in [0.1, 0.15) is 28.4 Å². The molecule has 8 nitrogen and oxygen atoms in total. The first-order chi connectivity index (χ1) is 17.3. The summed E-state index contributed by atoms with van der Waals surface area (Å²) in [5, 5.41) is 26.7. The van der Waals surface area contributed by atoms with Crippen molar-refractivity contribution in [3.63, 3.8) is 0 Å². The summed E-state index contributed by atoms with van der Waals surface area (Å²) in [7, 11) is 0. The highest BCUT2D eigenvalue weighted by atomic mass is 32.2. The van der Waals surface area contributed by atoms with E-state index >= 15 is 0 Å². The third kappa shape index (κ3) is 6.16. The quantitative estimate of drug-likeness (QED) is 0.386. The van der Waals surface area contributed by atoms with Gasteiger partial charge in [0.2, 0.25) is 5.91 Å². The summed E-state index contributed by atoms with van der Waals surface area (Å²) in [6.45, 7) is 7.25. The number of amides is 3. The normalized spacial score (nSPS) is 17.9. The van der Waals surface area contributed by atoms with E-state index in [1.807, 2.05) is 30.3 Å². The number of nitrogens with one attached hydrogen (secondary N) is 2. The topological polar surface area (TPSA) is 119 Å². The second kappa shape index (κ2) is 12.4. The number of allylic oxidation sites excluding steroid dienone is 1. The Morgan fingerprint density at radius 1 is 1.19 bits per heavy atom. The van der Waals surface area contributed by atoms with E-state index in [1.165, 1.54) is 22.7 Å². The Balaban J connectivity index is 1.88. The summed E-state index contributed by atoms with van der Waals surface area (Å²) >= 11 is 1.35. The molecule has 0 aromatic heterocycles. The summed E-state index contributed by atoms with van der Waals surface area (Å²) in [5.41, 5.74) is 1.44. The van der Waals surface area contributed by atoms with Crippen molar-refractivity contribution in [1.29, 1.82) is 0 Å². The maximum absolute atomic E-state index is 13.5. The minimum atomic E-state index is -1.61. The van der Waals surface area contributed by atoms with E-state index in [1.54, 1.807) is 38.1 Å². The number of phenolic OH excluding ortho intramolecular Hbond substituents is 1. The number of hydrogen-bond acceptors (Lipinski definition) is 6. The highest BCUT2D eigenvalue weighted by molar-refractivity contribution is 8.03. The van der Waals surface area contributed by atoms with E-state index < -0.39 is 30.0 Å². The molecule has 3 unspecified atom stereocenters. The Labute approximate surface area is 215 Å². The molecule has 9 heteroatoms. The van der Waals surface area contributed by atoms with Crippen LogP contribution in [0.25, 0.3) is 0 Å². The van der Waals surface area contributed by atoms with Gasteiger partial charge in [-0.3, -0.25) is 14.4 Å². The van der Waals surface area contributed by atoms with Gasteiger partial charge in [-0.2, -0.15) is 0 Å². The molecule has 0 aliphatic carbocycles. The molecule has 36 heavy (non-hydrogen) atoms. The van der Waals surface area contributed by atoms with Gasteiger partial charge in [0.25, 0.3) is 11.8 Å². The Hall–Kier alpha value is -3.56. The SMILES string of the molecule is C=CCNC(=O)C1/C(=C/C)SCN1C(=O)C(O)C(Cc1ccccc1)NC(=O)c1cccc(O)c1C. The molecule has 0 saturated carbocycles. The predicted octanol–water partition coefficient (Wildman–Crippen LogP) is 2.51. The number of benzene rings is 2. The lowest BCUT2D eigenvalue weighted by atomic mass is 9.98. The van der Waals surface area contributed by atoms with Crippen molar-refractivity contribution < 1.29 is 24.6 Å². The number of carbonyl (C=O) groups excluding carboxylic acids is 3. The molecule has 0 spiro atoms. The van der Waals surface area contributed by atoms with Crippen LogP contribution < -0.4 is 10.6 Å². The summed E-state index contributed by atoms with van der Waals surface area (Å²) in [6.07, 6.45) is 1.89. The Bertz CT molecular complexity index is 1150. The molecule has 1 heterocycles. The highest BCUT2D eigenvalue weighted by Gasteiger charge is 2.42. The fourth-order valence-electron chi connectivity index (χ4n) is 3.99. The van der Waals surface area contributed by atoms with E-state index in [4.69, 9.17) is 0 Å². The Kier molecular flexibility index (Phi) is 9.32. The first kappa shape index (κ1) is 27.0. The first-order valence-electron chi connectivity index (χ1n) is 11.6. The van der Waals surface area contributed by atoms with Gasteiger partial charge in [0.1, 0.15) is 11.8 Å². The molecule has 1 saturated heterocycles. The third-order valence-corrected chi connectivity index (χ3v) is 7.19. The average Bonchev–Trinajstić information content (AvgIpc) is 3.32. The van der Waals surface area contributed by atoms with Gasteiger partial charge >= 0.3 is 0 Å². The minimum absolute atomic E-state index is 0.0276. The van der Waals surface area contributed by atoms with Gasteiger partial charge in [0.05, 0.1) is 11.9 Å². The van der Waals surface area contributed by atoms with Crippen LogP contribution in [-0.4, -0.2) is 63.4 Å². The van der Waals surface area contributed by atoms with Crippen molar-refractivity contribution >= 4 is 29.5 Å². The van der Waals surface area contributed by atoms with E-state index in [2.05, 4.69) is 17.2 Å². The number of aliphatic hydroxyl groups excluding tert-OH is 1. The largest absolute Gasteiger partial charge is 0.508 e. The van der Waals surface area contributed by atoms with Crippen molar-refractivity contribution in [2.24, 2.45) is 0 Å². The minimum Gasteiger partial charge on any atom is -0.508 e. The molecule has 4 N–H and O–H groups in total. The van der Waals surface area contributed by atoms with Gasteiger partial charge in [-0.1, -0.05) is 48.6 Å². The maximum Gasteiger partial charge on any atom is 0.255 e. The molecule has 3 rings (SSSR count). The van der Waals surface area contributed by atoms with Crippen molar-refractivity contribution in [2.75, 3.05) is 12.4 Å². The monoisotopic (exact) mass is 509 g/mol. The van der Waals surface area contributed by atoms with Gasteiger partial charge < -0.3 is 25.7 Å². The summed E-state index contributed by atoms with van der Waals surface area (Å²) < 4.78 is 0. The number of aromatic hydroxyl groups is 1. The number of aliphatic hydroxyl groups is 1. The zero-order valence-electron chi connectivity index (χ0n) is 20.3. The van der Waals surface area contributed by atoms with Gasteiger partial charge in [0, 0.05) is 22.6 Å². The molecular weight excluding hydrogens is 478 g/mol. The average molecular weight is 510 g/mol. The standard InChI is InChI=1S/C27H31N3O5S/c1-4-14-28-26(34)23-22(5-2)36-16-30(23)27(35)24(32)20(15-18-10-7-6-8-11-18)29-25(33)19-12-9-13-21(31)17(19)3/h4-13,20,23-24,31-32H,1,14-16H2,2-3H3,(H,28,34)(H,29,33)/b22-5-. The lowest BCUT2D eigenvalue weighted by Crippen LogP contribution is -2.56. The number of thioether (sulfide) groups is 1. The number of phenols is 1. The van der Waals surface area contributed by atoms with Gasteiger partial charge in [-0.05, 0) is 38.0 Å². The van der Waals surface area contributed by atoms with Gasteiger partial charge in [-0.15, -0.1) is 18.3 Å². The zero-order valence-corrected chi connectivity index (χ0v) is 21.1. The highest BCUT2D eigenvalue weighted by Crippen LogP contribution is 2.34. The first-order valence-corrected chi connectivity index (χ1v) is 12.6. The maximum atomic E-state index is 13.5. The number of nitrogens with zero attached hydrogens (tertiary/aromatic N) is 1. The fourth-order valence-corrected chi connectivity index (χ4v) is 5.11. The summed E-state index contributed by atoms with van der Waals surface area (Å²) in [6, 6.07) is 11.9. The van der Waals surface area contributed by atoms with Crippen LogP contribution in [0.2, 0.25) is 0 Å². The van der Waals surface area contributed by atoms with Crippen molar-refractivity contribution in [3.8, 4) is 5.75 Å². The molecule has 0 radical (unpaired) electrons. The molecule has 3 amide bonds. The second-order valence-corrected chi connectivity index (χ2v) is 9.39. The van der Waals surface area contributed by atoms with Crippen LogP contribution in [0, 0.1) is 6.92 Å². The summed E-state index contributed by atoms with van der Waals surface area (Å²) in [4.78, 5) is 41.5. The van der Waals surface area contributed by atoms with Crippen LogP contribution >= 0.6 is 11.8 Å². The van der Waals surface area contributed by atoms with Crippen molar-refractivity contribution in [1.82, 2.24) is 15.5 Å². The van der Waals surface area contributed by atoms with E-state index in [9.17, 15) is 24.6 Å². The molecule has 2 aromatic carbocycles. The summed E-state index contributed by atoms with van der Waals surface area (Å²) in [5.74, 6) is -1.39. The van der Waals surface area contributed by atoms with Gasteiger partial charge in [0.15, 0.2) is 6.10 Å². The van der Waals surface area contributed by atoms with Crippen LogP contribution in [0.15, 0.2) is 72.2 Å². The Morgan fingerprint density at radius 3 is 2.58 bits per heavy atom. The molecule has 2 aromatic rings. The fraction of sp³-hybridized carbons (Fsp3) is 0.296. The molecule has 190 valence electrons. The zero-order chi connectivity index (χ0) is 26.2. The molecular formula is C27H31N3O5S. The van der Waals surface area contributed by atoms with E-state index in [0.29, 0.717) is 10.5 Å². The molecule has 1 aliphatic heterocycles. The van der Waals surface area contributed by atoms with Crippen molar-refractivity contribution in [2.45, 2.75) is 38.5 Å². The molecule has 1 fully saturated rings. The van der Waals surface area contributed by atoms with Crippen LogP contribution in [0.5, 0.6) is 5.75 Å². The van der Waals surface area contributed by atoms with Crippen LogP contribution in [-0.2, 0) is 16.0 Å². The van der Waals surface area contributed by atoms with Gasteiger partial charge in [-0.25, -0.2) is 0 Å².